The van der Waals surface area contributed by atoms with Crippen molar-refractivity contribution >= 4 is 55.5 Å². The molecule has 0 atom stereocenters. The summed E-state index contributed by atoms with van der Waals surface area (Å²) in [7, 11) is 0. The van der Waals surface area contributed by atoms with Gasteiger partial charge in [-0.15, -0.1) is 0 Å². The van der Waals surface area contributed by atoms with Crippen LogP contribution < -0.4 is 0 Å². The smallest absolute Gasteiger partial charge is 0.202 e. The van der Waals surface area contributed by atoms with Crippen molar-refractivity contribution in [3.63, 3.8) is 0 Å². The number of hydrogen-bond donors (Lipinski definition) is 4. The number of fused-ring (bicyclic) bond motifs is 9. The third-order valence-corrected chi connectivity index (χ3v) is 10.3. The summed E-state index contributed by atoms with van der Waals surface area (Å²) in [5.74, 6) is -1.06. The summed E-state index contributed by atoms with van der Waals surface area (Å²) >= 11 is 0. The predicted molar refractivity (Wildman–Crippen MR) is 207 cm³/mol. The Labute approximate surface area is 325 Å². The first-order valence-electron chi connectivity index (χ1n) is 16.8. The Morgan fingerprint density at radius 2 is 0.774 bits per heavy atom. The largest absolute Gasteiger partial charge is 0.504 e. The number of benzene rings is 8. The van der Waals surface area contributed by atoms with Gasteiger partial charge in [-0.3, -0.25) is 9.98 Å². The van der Waals surface area contributed by atoms with Gasteiger partial charge in [0.1, 0.15) is 0 Å². The molecule has 9 rings (SSSR count). The fraction of sp³-hybridized carbons (Fsp3) is 0.0667. The first-order chi connectivity index (χ1) is 24.8. The minimum atomic E-state index is -1.41. The van der Waals surface area contributed by atoms with Gasteiger partial charge in [0.2, 0.25) is 5.66 Å². The summed E-state index contributed by atoms with van der Waals surface area (Å²) in [6.07, 6.45) is 3.22. The SMILES string of the molecule is Cc1cc2ccccc2c2c1C(/N=C/c1c(O)c(O)cc3ccccc13)(/N=C/c1c(O)c(O)cc3ccccc13)c1c(C)cc3ccccc3c1-2.[Ni].[Ni]. The van der Waals surface area contributed by atoms with Crippen LogP contribution in [-0.2, 0) is 38.6 Å². The minimum Gasteiger partial charge on any atom is -0.504 e. The van der Waals surface area contributed by atoms with E-state index in [2.05, 4.69) is 50.2 Å². The van der Waals surface area contributed by atoms with Crippen molar-refractivity contribution in [1.29, 1.82) is 0 Å². The van der Waals surface area contributed by atoms with Crippen LogP contribution in [0.15, 0.2) is 131 Å². The fourth-order valence-corrected chi connectivity index (χ4v) is 8.09. The quantitative estimate of drug-likeness (QED) is 0.0811. The molecular formula is C45H32N2Ni2O4. The first kappa shape index (κ1) is 35.7. The fourth-order valence-electron chi connectivity index (χ4n) is 8.09. The summed E-state index contributed by atoms with van der Waals surface area (Å²) in [5.41, 5.74) is 5.02. The van der Waals surface area contributed by atoms with Crippen molar-refractivity contribution in [3.8, 4) is 34.1 Å². The molecule has 53 heavy (non-hydrogen) atoms. The van der Waals surface area contributed by atoms with Crippen molar-refractivity contribution in [1.82, 2.24) is 0 Å². The van der Waals surface area contributed by atoms with Gasteiger partial charge in [0, 0.05) is 67.7 Å². The molecule has 0 aliphatic heterocycles. The second kappa shape index (κ2) is 13.4. The summed E-state index contributed by atoms with van der Waals surface area (Å²) in [4.78, 5) is 10.8. The van der Waals surface area contributed by atoms with Crippen molar-refractivity contribution < 1.29 is 53.4 Å². The number of aromatic hydroxyl groups is 4. The molecule has 0 saturated carbocycles. The second-order valence-electron chi connectivity index (χ2n) is 13.3. The van der Waals surface area contributed by atoms with E-state index in [1.165, 1.54) is 0 Å². The van der Waals surface area contributed by atoms with E-state index in [-0.39, 0.29) is 56.0 Å². The number of nitrogens with zero attached hydrogens (tertiary/aromatic N) is 2. The van der Waals surface area contributed by atoms with Gasteiger partial charge in [-0.1, -0.05) is 109 Å². The van der Waals surface area contributed by atoms with Crippen LogP contribution in [0.3, 0.4) is 0 Å². The number of phenolic OH excluding ortho intramolecular Hbond substituents is 4. The molecule has 8 aromatic carbocycles. The molecule has 0 fully saturated rings. The number of aryl methyl sites for hydroxylation is 2. The molecule has 6 nitrogen and oxygen atoms in total. The van der Waals surface area contributed by atoms with Crippen molar-refractivity contribution in [2.45, 2.75) is 19.5 Å². The molecular weight excluding hydrogens is 750 g/mol. The van der Waals surface area contributed by atoms with E-state index < -0.39 is 5.66 Å². The van der Waals surface area contributed by atoms with E-state index in [4.69, 9.17) is 9.98 Å². The maximum atomic E-state index is 11.3. The molecule has 0 bridgehead atoms. The first-order valence-corrected chi connectivity index (χ1v) is 16.8. The van der Waals surface area contributed by atoms with Gasteiger partial charge in [0.15, 0.2) is 23.0 Å². The Bertz CT molecular complexity index is 2650. The Morgan fingerprint density at radius 1 is 0.453 bits per heavy atom. The molecule has 0 amide bonds. The van der Waals surface area contributed by atoms with Crippen LogP contribution in [-0.4, -0.2) is 32.9 Å². The van der Waals surface area contributed by atoms with E-state index in [1.807, 2.05) is 72.8 Å². The zero-order valence-corrected chi connectivity index (χ0v) is 30.5. The van der Waals surface area contributed by atoms with Gasteiger partial charge in [0.25, 0.3) is 0 Å². The van der Waals surface area contributed by atoms with Gasteiger partial charge in [-0.05, 0) is 91.3 Å². The standard InChI is InChI=1S/C45H32N2O4.2Ni/c1-25-19-27-11-5-9-17-33(27)39-40-34-18-10-6-12-28(34)20-26(2)42(40)45(41(25)39,46-23-35-31-15-7-3-13-29(31)21-37(48)43(35)50)47-24-36-32-16-8-4-14-30(32)22-38(49)44(36)51;;/h3-24,48-51H,1-2H3;;/b46-23+,47-24+;;. The molecule has 0 spiro atoms. The van der Waals surface area contributed by atoms with Crippen molar-refractivity contribution in [2.75, 3.05) is 0 Å². The van der Waals surface area contributed by atoms with Crippen LogP contribution in [0, 0.1) is 13.8 Å². The minimum absolute atomic E-state index is 0. The van der Waals surface area contributed by atoms with Crippen LogP contribution >= 0.6 is 0 Å². The monoisotopic (exact) mass is 780 g/mol. The molecule has 0 heterocycles. The molecule has 1 aliphatic carbocycles. The van der Waals surface area contributed by atoms with E-state index in [9.17, 15) is 20.4 Å². The van der Waals surface area contributed by atoms with Gasteiger partial charge >= 0.3 is 0 Å². The maximum absolute atomic E-state index is 11.3. The van der Waals surface area contributed by atoms with Crippen LogP contribution in [0.1, 0.15) is 33.4 Å². The third-order valence-electron chi connectivity index (χ3n) is 10.3. The Hall–Kier alpha value is -5.67. The summed E-state index contributed by atoms with van der Waals surface area (Å²) < 4.78 is 0. The third kappa shape index (κ3) is 5.36. The van der Waals surface area contributed by atoms with E-state index in [0.717, 1.165) is 76.5 Å². The molecule has 4 N–H and O–H groups in total. The molecule has 8 aromatic rings. The molecule has 0 radical (unpaired) electrons. The molecule has 0 saturated heterocycles. The zero-order valence-electron chi connectivity index (χ0n) is 28.5. The van der Waals surface area contributed by atoms with Crippen molar-refractivity contribution in [2.24, 2.45) is 9.98 Å². The normalized spacial score (nSPS) is 13.1. The maximum Gasteiger partial charge on any atom is 0.202 e. The number of phenols is 4. The predicted octanol–water partition coefficient (Wildman–Crippen LogP) is 10.2. The zero-order chi connectivity index (χ0) is 35.0. The summed E-state index contributed by atoms with van der Waals surface area (Å²) in [5, 5.41) is 51.4. The van der Waals surface area contributed by atoms with Gasteiger partial charge < -0.3 is 20.4 Å². The molecule has 1 aliphatic rings. The van der Waals surface area contributed by atoms with Crippen LogP contribution in [0.25, 0.3) is 54.2 Å². The Morgan fingerprint density at radius 3 is 1.15 bits per heavy atom. The number of aliphatic imine (C=N–C) groups is 2. The van der Waals surface area contributed by atoms with Crippen LogP contribution in [0.2, 0.25) is 0 Å². The van der Waals surface area contributed by atoms with E-state index >= 15 is 0 Å². The number of hydrogen-bond acceptors (Lipinski definition) is 6. The van der Waals surface area contributed by atoms with Crippen molar-refractivity contribution in [3.05, 3.63) is 155 Å². The van der Waals surface area contributed by atoms with E-state index in [1.54, 1.807) is 24.6 Å². The summed E-state index contributed by atoms with van der Waals surface area (Å²) in [6.45, 7) is 4.13. The average Bonchev–Trinajstić information content (AvgIpc) is 3.45. The van der Waals surface area contributed by atoms with Gasteiger partial charge in [0.05, 0.1) is 0 Å². The van der Waals surface area contributed by atoms with Crippen LogP contribution in [0.5, 0.6) is 23.0 Å². The molecule has 266 valence electrons. The molecule has 0 unspecified atom stereocenters. The average molecular weight is 782 g/mol. The number of rotatable bonds is 4. The van der Waals surface area contributed by atoms with E-state index in [0.29, 0.717) is 11.1 Å². The molecule has 8 heteroatoms. The van der Waals surface area contributed by atoms with Gasteiger partial charge in [-0.2, -0.15) is 0 Å². The Kier molecular flexibility index (Phi) is 9.02. The molecule has 0 aromatic heterocycles. The summed E-state index contributed by atoms with van der Waals surface area (Å²) in [6, 6.07) is 39.1. The second-order valence-corrected chi connectivity index (χ2v) is 13.3. The van der Waals surface area contributed by atoms with Gasteiger partial charge in [-0.25, -0.2) is 0 Å². The van der Waals surface area contributed by atoms with Crippen LogP contribution in [0.4, 0.5) is 0 Å². The Balaban J connectivity index is 0.00000218. The topological polar surface area (TPSA) is 106 Å².